The fraction of sp³-hybridized carbons (Fsp3) is 0.118. The van der Waals surface area contributed by atoms with E-state index in [1.54, 1.807) is 6.20 Å². The highest BCUT2D eigenvalue weighted by atomic mass is 16.5. The van der Waals surface area contributed by atoms with Gasteiger partial charge in [-0.2, -0.15) is 0 Å². The van der Waals surface area contributed by atoms with Crippen LogP contribution in [0.2, 0.25) is 0 Å². The van der Waals surface area contributed by atoms with E-state index in [1.165, 1.54) is 11.1 Å². The first-order valence-corrected chi connectivity index (χ1v) is 6.53. The second-order valence-corrected chi connectivity index (χ2v) is 4.88. The number of hydrogen-bond acceptors (Lipinski definition) is 3. The van der Waals surface area contributed by atoms with Gasteiger partial charge >= 0.3 is 0 Å². The van der Waals surface area contributed by atoms with E-state index in [0.717, 1.165) is 28.1 Å². The standard InChI is InChI=1S/C17H16N2O/c1-11-3-8-15-16(9-10-19-17(15)12(11)2)20-14-6-4-13(18)5-7-14/h3-10H,18H2,1-2H3. The van der Waals surface area contributed by atoms with Crippen LogP contribution in [0.4, 0.5) is 5.69 Å². The van der Waals surface area contributed by atoms with Crippen molar-refractivity contribution in [3.05, 3.63) is 59.8 Å². The van der Waals surface area contributed by atoms with Gasteiger partial charge in [0.2, 0.25) is 0 Å². The lowest BCUT2D eigenvalue weighted by Gasteiger charge is -2.11. The molecule has 3 rings (SSSR count). The number of rotatable bonds is 2. The zero-order valence-corrected chi connectivity index (χ0v) is 11.6. The van der Waals surface area contributed by atoms with E-state index in [0.29, 0.717) is 0 Å². The molecular formula is C17H16N2O. The van der Waals surface area contributed by atoms with Crippen molar-refractivity contribution in [1.29, 1.82) is 0 Å². The Labute approximate surface area is 118 Å². The van der Waals surface area contributed by atoms with E-state index in [4.69, 9.17) is 10.5 Å². The molecule has 100 valence electrons. The maximum Gasteiger partial charge on any atom is 0.138 e. The highest BCUT2D eigenvalue weighted by molar-refractivity contribution is 5.88. The highest BCUT2D eigenvalue weighted by Gasteiger charge is 2.07. The molecule has 0 radical (unpaired) electrons. The number of nitrogens with two attached hydrogens (primary N) is 1. The fourth-order valence-electron chi connectivity index (χ4n) is 2.19. The Morgan fingerprint density at radius 3 is 2.45 bits per heavy atom. The molecule has 1 heterocycles. The second kappa shape index (κ2) is 4.85. The summed E-state index contributed by atoms with van der Waals surface area (Å²) >= 11 is 0. The van der Waals surface area contributed by atoms with Crippen LogP contribution in [0.5, 0.6) is 11.5 Å². The minimum Gasteiger partial charge on any atom is -0.457 e. The number of nitrogen functional groups attached to an aromatic ring is 1. The summed E-state index contributed by atoms with van der Waals surface area (Å²) in [6.07, 6.45) is 1.78. The van der Waals surface area contributed by atoms with E-state index < -0.39 is 0 Å². The van der Waals surface area contributed by atoms with E-state index in [-0.39, 0.29) is 0 Å². The van der Waals surface area contributed by atoms with Gasteiger partial charge in [0.1, 0.15) is 11.5 Å². The lowest BCUT2D eigenvalue weighted by atomic mass is 10.1. The molecule has 0 aliphatic heterocycles. The molecule has 0 atom stereocenters. The van der Waals surface area contributed by atoms with Gasteiger partial charge in [-0.15, -0.1) is 0 Å². The molecule has 3 nitrogen and oxygen atoms in total. The van der Waals surface area contributed by atoms with Crippen molar-refractivity contribution in [3.63, 3.8) is 0 Å². The van der Waals surface area contributed by atoms with Gasteiger partial charge in [0.05, 0.1) is 5.52 Å². The molecule has 0 unspecified atom stereocenters. The number of fused-ring (bicyclic) bond motifs is 1. The molecule has 3 aromatic rings. The summed E-state index contributed by atoms with van der Waals surface area (Å²) < 4.78 is 5.95. The van der Waals surface area contributed by atoms with Crippen molar-refractivity contribution in [2.75, 3.05) is 5.73 Å². The van der Waals surface area contributed by atoms with Gasteiger partial charge in [-0.25, -0.2) is 0 Å². The quantitative estimate of drug-likeness (QED) is 0.705. The summed E-state index contributed by atoms with van der Waals surface area (Å²) in [6, 6.07) is 13.4. The Morgan fingerprint density at radius 2 is 1.70 bits per heavy atom. The summed E-state index contributed by atoms with van der Waals surface area (Å²) in [5, 5.41) is 1.02. The van der Waals surface area contributed by atoms with Crippen LogP contribution in [-0.4, -0.2) is 4.98 Å². The monoisotopic (exact) mass is 264 g/mol. The van der Waals surface area contributed by atoms with E-state index in [9.17, 15) is 0 Å². The average Bonchev–Trinajstić information content (AvgIpc) is 2.46. The van der Waals surface area contributed by atoms with Crippen molar-refractivity contribution >= 4 is 16.6 Å². The maximum absolute atomic E-state index is 5.95. The molecule has 0 spiro atoms. The Bertz CT molecular complexity index is 764. The van der Waals surface area contributed by atoms with Gasteiger partial charge in [-0.3, -0.25) is 4.98 Å². The van der Waals surface area contributed by atoms with Crippen LogP contribution in [0.15, 0.2) is 48.7 Å². The SMILES string of the molecule is Cc1ccc2c(Oc3ccc(N)cc3)ccnc2c1C. The molecule has 0 saturated carbocycles. The van der Waals surface area contributed by atoms with E-state index in [2.05, 4.69) is 31.0 Å². The Morgan fingerprint density at radius 1 is 0.950 bits per heavy atom. The summed E-state index contributed by atoms with van der Waals surface area (Å²) in [7, 11) is 0. The van der Waals surface area contributed by atoms with Gasteiger partial charge in [0.25, 0.3) is 0 Å². The first kappa shape index (κ1) is 12.5. The molecule has 20 heavy (non-hydrogen) atoms. The summed E-state index contributed by atoms with van der Waals surface area (Å²) in [4.78, 5) is 4.46. The largest absolute Gasteiger partial charge is 0.457 e. The Kier molecular flexibility index (Phi) is 3.03. The zero-order valence-electron chi connectivity index (χ0n) is 11.6. The number of pyridine rings is 1. The topological polar surface area (TPSA) is 48.1 Å². The summed E-state index contributed by atoms with van der Waals surface area (Å²) in [6.45, 7) is 4.17. The maximum atomic E-state index is 5.95. The number of aromatic nitrogens is 1. The normalized spacial score (nSPS) is 10.7. The van der Waals surface area contributed by atoms with Crippen LogP contribution in [0.1, 0.15) is 11.1 Å². The molecule has 2 aromatic carbocycles. The van der Waals surface area contributed by atoms with Crippen molar-refractivity contribution in [1.82, 2.24) is 4.98 Å². The molecular weight excluding hydrogens is 248 g/mol. The van der Waals surface area contributed by atoms with Crippen molar-refractivity contribution in [2.24, 2.45) is 0 Å². The number of nitrogens with zero attached hydrogens (tertiary/aromatic N) is 1. The van der Waals surface area contributed by atoms with Crippen molar-refractivity contribution < 1.29 is 4.74 Å². The third-order valence-electron chi connectivity index (χ3n) is 3.50. The lowest BCUT2D eigenvalue weighted by molar-refractivity contribution is 0.488. The predicted molar refractivity (Wildman–Crippen MR) is 82.1 cm³/mol. The molecule has 0 aliphatic carbocycles. The first-order valence-electron chi connectivity index (χ1n) is 6.53. The molecule has 0 amide bonds. The van der Waals surface area contributed by atoms with Crippen molar-refractivity contribution in [3.8, 4) is 11.5 Å². The van der Waals surface area contributed by atoms with E-state index in [1.807, 2.05) is 30.3 Å². The van der Waals surface area contributed by atoms with Gasteiger partial charge in [-0.05, 0) is 61.4 Å². The van der Waals surface area contributed by atoms with Crippen LogP contribution in [0, 0.1) is 13.8 Å². The smallest absolute Gasteiger partial charge is 0.138 e. The predicted octanol–water partition coefficient (Wildman–Crippen LogP) is 4.23. The molecule has 0 bridgehead atoms. The van der Waals surface area contributed by atoms with Gasteiger partial charge < -0.3 is 10.5 Å². The van der Waals surface area contributed by atoms with Crippen molar-refractivity contribution in [2.45, 2.75) is 13.8 Å². The molecule has 0 fully saturated rings. The number of benzene rings is 2. The lowest BCUT2D eigenvalue weighted by Crippen LogP contribution is -1.91. The third-order valence-corrected chi connectivity index (χ3v) is 3.50. The minimum absolute atomic E-state index is 0.725. The van der Waals surface area contributed by atoms with Crippen LogP contribution in [0.3, 0.4) is 0 Å². The average molecular weight is 264 g/mol. The van der Waals surface area contributed by atoms with Gasteiger partial charge in [0, 0.05) is 17.3 Å². The molecule has 2 N–H and O–H groups in total. The van der Waals surface area contributed by atoms with Crippen LogP contribution >= 0.6 is 0 Å². The zero-order chi connectivity index (χ0) is 14.1. The number of aryl methyl sites for hydroxylation is 2. The third kappa shape index (κ3) is 2.18. The van der Waals surface area contributed by atoms with Crippen LogP contribution in [-0.2, 0) is 0 Å². The van der Waals surface area contributed by atoms with Gasteiger partial charge in [-0.1, -0.05) is 6.07 Å². The minimum atomic E-state index is 0.725. The molecule has 3 heteroatoms. The first-order chi connectivity index (χ1) is 9.65. The Hall–Kier alpha value is -2.55. The van der Waals surface area contributed by atoms with Crippen LogP contribution in [0.25, 0.3) is 10.9 Å². The van der Waals surface area contributed by atoms with E-state index >= 15 is 0 Å². The van der Waals surface area contributed by atoms with Gasteiger partial charge in [0.15, 0.2) is 0 Å². The molecule has 0 aliphatic rings. The highest BCUT2D eigenvalue weighted by Crippen LogP contribution is 2.31. The number of anilines is 1. The number of ether oxygens (including phenoxy) is 1. The number of hydrogen-bond donors (Lipinski definition) is 1. The van der Waals surface area contributed by atoms with Crippen LogP contribution < -0.4 is 10.5 Å². The summed E-state index contributed by atoms with van der Waals surface area (Å²) in [5.74, 6) is 1.58. The Balaban J connectivity index is 2.08. The fourth-order valence-corrected chi connectivity index (χ4v) is 2.19. The summed E-state index contributed by atoms with van der Waals surface area (Å²) in [5.41, 5.74) is 9.81. The molecule has 0 saturated heterocycles. The molecule has 1 aromatic heterocycles. The second-order valence-electron chi connectivity index (χ2n) is 4.88.